The van der Waals surface area contributed by atoms with E-state index < -0.39 is 0 Å². The number of hydrogen-bond donors (Lipinski definition) is 1. The minimum atomic E-state index is -0.00257. The van der Waals surface area contributed by atoms with Crippen LogP contribution in [0.3, 0.4) is 0 Å². The molecule has 0 spiro atoms. The van der Waals surface area contributed by atoms with Crippen LogP contribution in [-0.4, -0.2) is 0 Å². The maximum atomic E-state index is 12.7. The third kappa shape index (κ3) is 1.43. The van der Waals surface area contributed by atoms with Crippen molar-refractivity contribution in [3.8, 4) is 0 Å². The average Bonchev–Trinajstić information content (AvgIpc) is 2.47. The maximum Gasteiger partial charge on any atom is 0.201 e. The van der Waals surface area contributed by atoms with Gasteiger partial charge in [0.1, 0.15) is 11.2 Å². The van der Waals surface area contributed by atoms with Gasteiger partial charge in [-0.1, -0.05) is 24.3 Å². The van der Waals surface area contributed by atoms with Crippen LogP contribution >= 0.6 is 0 Å². The van der Waals surface area contributed by atoms with Gasteiger partial charge < -0.3 is 10.2 Å². The fourth-order valence-corrected chi connectivity index (χ4v) is 2.64. The average molecular weight is 261 g/mol. The molecule has 0 saturated heterocycles. The van der Waals surface area contributed by atoms with Crippen molar-refractivity contribution in [2.45, 2.75) is 0 Å². The topological polar surface area (TPSA) is 56.2 Å². The second-order valence-corrected chi connectivity index (χ2v) is 4.85. The molecule has 1 aromatic heterocycles. The first-order valence-electron chi connectivity index (χ1n) is 6.38. The Hall–Kier alpha value is -2.81. The van der Waals surface area contributed by atoms with Crippen molar-refractivity contribution < 1.29 is 4.42 Å². The molecule has 0 aliphatic carbocycles. The molecule has 0 aliphatic heterocycles. The normalized spacial score (nSPS) is 11.4. The van der Waals surface area contributed by atoms with E-state index in [0.717, 1.165) is 10.8 Å². The summed E-state index contributed by atoms with van der Waals surface area (Å²) in [6.07, 6.45) is 0. The Balaban J connectivity index is 2.32. The van der Waals surface area contributed by atoms with E-state index in [1.165, 1.54) is 0 Å². The molecule has 0 unspecified atom stereocenters. The number of benzene rings is 3. The van der Waals surface area contributed by atoms with Crippen LogP contribution in [0.5, 0.6) is 0 Å². The monoisotopic (exact) mass is 261 g/mol. The van der Waals surface area contributed by atoms with Gasteiger partial charge in [-0.2, -0.15) is 0 Å². The predicted octanol–water partition coefficient (Wildman–Crippen LogP) is 3.68. The molecule has 0 bridgehead atoms. The third-order valence-electron chi connectivity index (χ3n) is 3.58. The van der Waals surface area contributed by atoms with Crippen molar-refractivity contribution in [2.75, 3.05) is 5.73 Å². The van der Waals surface area contributed by atoms with Gasteiger partial charge in [-0.15, -0.1) is 0 Å². The molecule has 3 nitrogen and oxygen atoms in total. The van der Waals surface area contributed by atoms with E-state index in [9.17, 15) is 4.79 Å². The molecule has 3 heteroatoms. The number of fused-ring (bicyclic) bond motifs is 4. The molecule has 96 valence electrons. The van der Waals surface area contributed by atoms with Gasteiger partial charge in [0.15, 0.2) is 0 Å². The lowest BCUT2D eigenvalue weighted by atomic mass is 10.0. The van der Waals surface area contributed by atoms with Gasteiger partial charge in [0.25, 0.3) is 0 Å². The molecule has 2 N–H and O–H groups in total. The molecule has 3 aromatic carbocycles. The smallest absolute Gasteiger partial charge is 0.201 e. The molecule has 0 saturated carbocycles. The van der Waals surface area contributed by atoms with E-state index in [2.05, 4.69) is 0 Å². The molecule has 4 rings (SSSR count). The van der Waals surface area contributed by atoms with E-state index in [4.69, 9.17) is 10.2 Å². The Kier molecular flexibility index (Phi) is 2.12. The summed E-state index contributed by atoms with van der Waals surface area (Å²) in [7, 11) is 0. The van der Waals surface area contributed by atoms with Crippen LogP contribution in [0.2, 0.25) is 0 Å². The fraction of sp³-hybridized carbons (Fsp3) is 0. The Bertz CT molecular complexity index is 1030. The summed E-state index contributed by atoms with van der Waals surface area (Å²) in [5, 5.41) is 3.03. The first-order chi connectivity index (χ1) is 9.74. The summed E-state index contributed by atoms with van der Waals surface area (Å²) in [6.45, 7) is 0. The van der Waals surface area contributed by atoms with E-state index in [1.54, 1.807) is 12.1 Å². The minimum Gasteiger partial charge on any atom is -0.456 e. The summed E-state index contributed by atoms with van der Waals surface area (Å²) in [5.41, 5.74) is 7.69. The highest BCUT2D eigenvalue weighted by molar-refractivity contribution is 6.08. The lowest BCUT2D eigenvalue weighted by Gasteiger charge is -2.05. The Morgan fingerprint density at radius 1 is 0.850 bits per heavy atom. The molecular formula is C17H11NO2. The number of hydrogen-bond acceptors (Lipinski definition) is 3. The van der Waals surface area contributed by atoms with Crippen molar-refractivity contribution in [3.63, 3.8) is 0 Å². The van der Waals surface area contributed by atoms with Crippen LogP contribution in [0.15, 0.2) is 63.8 Å². The van der Waals surface area contributed by atoms with Crippen LogP contribution in [0.4, 0.5) is 5.69 Å². The van der Waals surface area contributed by atoms with Gasteiger partial charge in [0.2, 0.25) is 5.43 Å². The SMILES string of the molecule is Nc1ccc2c(ccc3oc4ccccc4c(=O)c32)c1. The summed E-state index contributed by atoms with van der Waals surface area (Å²) in [4.78, 5) is 12.7. The second kappa shape index (κ2) is 3.84. The molecule has 0 amide bonds. The number of para-hydroxylation sites is 1. The summed E-state index contributed by atoms with van der Waals surface area (Å²) in [5.74, 6) is 0. The van der Waals surface area contributed by atoms with E-state index in [0.29, 0.717) is 27.6 Å². The molecule has 20 heavy (non-hydrogen) atoms. The zero-order valence-electron chi connectivity index (χ0n) is 10.6. The lowest BCUT2D eigenvalue weighted by molar-refractivity contribution is 0.660. The number of anilines is 1. The maximum absolute atomic E-state index is 12.7. The van der Waals surface area contributed by atoms with Gasteiger partial charge >= 0.3 is 0 Å². The number of nitrogen functional groups attached to an aromatic ring is 1. The van der Waals surface area contributed by atoms with Crippen molar-refractivity contribution >= 4 is 38.4 Å². The first-order valence-corrected chi connectivity index (χ1v) is 6.38. The highest BCUT2D eigenvalue weighted by Crippen LogP contribution is 2.27. The minimum absolute atomic E-state index is 0.00257. The lowest BCUT2D eigenvalue weighted by Crippen LogP contribution is -2.02. The van der Waals surface area contributed by atoms with Crippen LogP contribution in [-0.2, 0) is 0 Å². The molecule has 1 heterocycles. The molecular weight excluding hydrogens is 250 g/mol. The predicted molar refractivity (Wildman–Crippen MR) is 81.9 cm³/mol. The van der Waals surface area contributed by atoms with E-state index >= 15 is 0 Å². The summed E-state index contributed by atoms with van der Waals surface area (Å²) < 4.78 is 5.83. The van der Waals surface area contributed by atoms with Gasteiger partial charge in [-0.05, 0) is 41.1 Å². The van der Waals surface area contributed by atoms with Crippen LogP contribution < -0.4 is 11.2 Å². The standard InChI is InChI=1S/C17H11NO2/c18-11-6-7-12-10(9-11)5-8-15-16(12)17(19)13-3-1-2-4-14(13)20-15/h1-9H,18H2. The van der Waals surface area contributed by atoms with Crippen LogP contribution in [0.1, 0.15) is 0 Å². The molecule has 0 fully saturated rings. The van der Waals surface area contributed by atoms with Gasteiger partial charge in [0.05, 0.1) is 10.8 Å². The molecule has 0 atom stereocenters. The Morgan fingerprint density at radius 3 is 2.60 bits per heavy atom. The number of nitrogens with two attached hydrogens (primary N) is 1. The van der Waals surface area contributed by atoms with Gasteiger partial charge in [-0.25, -0.2) is 0 Å². The zero-order valence-corrected chi connectivity index (χ0v) is 10.6. The van der Waals surface area contributed by atoms with Gasteiger partial charge in [-0.3, -0.25) is 4.79 Å². The highest BCUT2D eigenvalue weighted by Gasteiger charge is 2.10. The van der Waals surface area contributed by atoms with Crippen molar-refractivity contribution in [1.29, 1.82) is 0 Å². The molecule has 0 aliphatic rings. The van der Waals surface area contributed by atoms with Crippen LogP contribution in [0, 0.1) is 0 Å². The highest BCUT2D eigenvalue weighted by atomic mass is 16.3. The summed E-state index contributed by atoms with van der Waals surface area (Å²) >= 11 is 0. The molecule has 0 radical (unpaired) electrons. The summed E-state index contributed by atoms with van der Waals surface area (Å²) in [6, 6.07) is 16.6. The number of rotatable bonds is 0. The fourth-order valence-electron chi connectivity index (χ4n) is 2.64. The Morgan fingerprint density at radius 2 is 1.70 bits per heavy atom. The molecule has 4 aromatic rings. The van der Waals surface area contributed by atoms with Crippen LogP contribution in [0.25, 0.3) is 32.7 Å². The Labute approximate surface area is 114 Å². The third-order valence-corrected chi connectivity index (χ3v) is 3.58. The van der Waals surface area contributed by atoms with Crippen molar-refractivity contribution in [3.05, 3.63) is 64.8 Å². The largest absolute Gasteiger partial charge is 0.456 e. The van der Waals surface area contributed by atoms with E-state index in [-0.39, 0.29) is 5.43 Å². The van der Waals surface area contributed by atoms with Crippen molar-refractivity contribution in [1.82, 2.24) is 0 Å². The first kappa shape index (κ1) is 11.1. The second-order valence-electron chi connectivity index (χ2n) is 4.85. The zero-order chi connectivity index (χ0) is 13.7. The van der Waals surface area contributed by atoms with Crippen molar-refractivity contribution in [2.24, 2.45) is 0 Å². The quantitative estimate of drug-likeness (QED) is 0.298. The van der Waals surface area contributed by atoms with E-state index in [1.807, 2.05) is 42.5 Å². The van der Waals surface area contributed by atoms with Gasteiger partial charge in [0, 0.05) is 5.69 Å².